The summed E-state index contributed by atoms with van der Waals surface area (Å²) in [6.45, 7) is 8.72. The van der Waals surface area contributed by atoms with Gasteiger partial charge in [0.2, 0.25) is 5.91 Å². The van der Waals surface area contributed by atoms with Gasteiger partial charge >= 0.3 is 41.6 Å². The number of hydrogen-bond donors (Lipinski definition) is 2. The van der Waals surface area contributed by atoms with Gasteiger partial charge in [0.15, 0.2) is 5.78 Å². The summed E-state index contributed by atoms with van der Waals surface area (Å²) in [5.74, 6) is -1.00. The standard InChI is InChI=1S/C45H53N3O9S.Na/c1-6-34(26-31(4)42(50)46-36-17-22-39(23-18-36)58(53,54)55)35-15-11-32(12-16-35)28-45(25-9-8-10-41(45)49)43(51)57-38-20-13-33(14-21-38)29-56-44(52)47-40-24-19-37(27-30(40)3)48(5)7-2;/h11-24,27,31,34H,6-10,25-26,28-29H2,1-5H3,(H,46,50)(H,47,52)(H,53,54,55);/q;+1/p-1. The van der Waals surface area contributed by atoms with Crippen molar-refractivity contribution >= 4 is 50.9 Å². The molecule has 0 bridgehead atoms. The number of carbonyl (C=O) groups excluding carboxylic acids is 4. The second-order valence-corrected chi connectivity index (χ2v) is 16.5. The molecular formula is C45H52N3NaO9S. The monoisotopic (exact) mass is 833 g/mol. The molecule has 1 aliphatic rings. The number of esters is 1. The molecule has 5 rings (SSSR count). The fourth-order valence-electron chi connectivity index (χ4n) is 7.23. The Morgan fingerprint density at radius 3 is 2.15 bits per heavy atom. The number of amides is 2. The van der Waals surface area contributed by atoms with E-state index in [4.69, 9.17) is 9.47 Å². The second-order valence-electron chi connectivity index (χ2n) is 15.1. The number of nitrogens with zero attached hydrogens (tertiary/aromatic N) is 1. The molecule has 1 fully saturated rings. The van der Waals surface area contributed by atoms with E-state index in [1.54, 1.807) is 24.3 Å². The molecule has 59 heavy (non-hydrogen) atoms. The number of hydrogen-bond acceptors (Lipinski definition) is 10. The van der Waals surface area contributed by atoms with Gasteiger partial charge in [0.1, 0.15) is 27.9 Å². The van der Waals surface area contributed by atoms with Gasteiger partial charge in [-0.25, -0.2) is 13.2 Å². The summed E-state index contributed by atoms with van der Waals surface area (Å²) in [6.07, 6.45) is 3.04. The minimum absolute atomic E-state index is 0. The molecule has 0 radical (unpaired) electrons. The first kappa shape index (κ1) is 47.2. The van der Waals surface area contributed by atoms with E-state index in [-0.39, 0.29) is 76.8 Å². The minimum Gasteiger partial charge on any atom is -0.744 e. The van der Waals surface area contributed by atoms with Gasteiger partial charge in [-0.1, -0.05) is 56.7 Å². The first-order valence-electron chi connectivity index (χ1n) is 19.7. The predicted octanol–water partition coefficient (Wildman–Crippen LogP) is 5.54. The van der Waals surface area contributed by atoms with Gasteiger partial charge in [-0.05, 0) is 129 Å². The van der Waals surface area contributed by atoms with Crippen molar-refractivity contribution in [3.05, 3.63) is 113 Å². The fourth-order valence-corrected chi connectivity index (χ4v) is 7.70. The third-order valence-corrected chi connectivity index (χ3v) is 11.8. The van der Waals surface area contributed by atoms with Gasteiger partial charge in [0.25, 0.3) is 0 Å². The third-order valence-electron chi connectivity index (χ3n) is 11.0. The van der Waals surface area contributed by atoms with E-state index in [0.29, 0.717) is 42.6 Å². The van der Waals surface area contributed by atoms with E-state index < -0.39 is 27.6 Å². The zero-order valence-electron chi connectivity index (χ0n) is 34.7. The van der Waals surface area contributed by atoms with E-state index in [9.17, 15) is 32.1 Å². The molecule has 0 aliphatic heterocycles. The Morgan fingerprint density at radius 2 is 1.56 bits per heavy atom. The van der Waals surface area contributed by atoms with Crippen molar-refractivity contribution in [3.8, 4) is 5.75 Å². The Hall–Kier alpha value is -4.53. The van der Waals surface area contributed by atoms with Crippen LogP contribution in [0, 0.1) is 18.3 Å². The molecule has 3 atom stereocenters. The molecule has 4 aromatic rings. The molecule has 0 aromatic heterocycles. The number of Topliss-reactive ketones (excluding diaryl/α,β-unsaturated/α-hetero) is 1. The van der Waals surface area contributed by atoms with E-state index in [2.05, 4.69) is 22.5 Å². The van der Waals surface area contributed by atoms with E-state index in [1.165, 1.54) is 12.1 Å². The number of aryl methyl sites for hydroxylation is 1. The van der Waals surface area contributed by atoms with E-state index in [1.807, 2.05) is 70.3 Å². The summed E-state index contributed by atoms with van der Waals surface area (Å²) in [7, 11) is -2.58. The maximum absolute atomic E-state index is 13.9. The average Bonchev–Trinajstić information content (AvgIpc) is 3.21. The van der Waals surface area contributed by atoms with Crippen molar-refractivity contribution in [2.45, 2.75) is 90.1 Å². The van der Waals surface area contributed by atoms with Gasteiger partial charge in [0, 0.05) is 43.0 Å². The normalized spacial score (nSPS) is 16.2. The summed E-state index contributed by atoms with van der Waals surface area (Å²) in [6, 6.07) is 25.4. The van der Waals surface area contributed by atoms with Crippen LogP contribution in [-0.4, -0.2) is 50.3 Å². The molecule has 2 N–H and O–H groups in total. The largest absolute Gasteiger partial charge is 1.00 e. The van der Waals surface area contributed by atoms with Gasteiger partial charge in [-0.3, -0.25) is 19.7 Å². The van der Waals surface area contributed by atoms with Crippen LogP contribution in [0.15, 0.2) is 95.9 Å². The molecule has 0 saturated heterocycles. The SMILES string of the molecule is CCC(CC(C)C(=O)Nc1ccc(S(=O)(=O)[O-])cc1)c1ccc(CC2(C(=O)Oc3ccc(COC(=O)Nc4ccc(N(C)CC)cc4C)cc3)CCCCC2=O)cc1.[Na+]. The molecular weight excluding hydrogens is 782 g/mol. The number of ketones is 1. The van der Waals surface area contributed by atoms with E-state index >= 15 is 0 Å². The number of benzene rings is 4. The van der Waals surface area contributed by atoms with Crippen molar-refractivity contribution in [3.63, 3.8) is 0 Å². The summed E-state index contributed by atoms with van der Waals surface area (Å²) in [5.41, 5.74) is 4.23. The molecule has 1 aliphatic carbocycles. The Morgan fingerprint density at radius 1 is 0.898 bits per heavy atom. The third kappa shape index (κ3) is 12.5. The molecule has 14 heteroatoms. The molecule has 308 valence electrons. The Bertz CT molecular complexity index is 2200. The number of anilines is 3. The first-order chi connectivity index (χ1) is 27.6. The second kappa shape index (κ2) is 21.1. The van der Waals surface area contributed by atoms with Gasteiger partial charge in [-0.15, -0.1) is 0 Å². The van der Waals surface area contributed by atoms with Crippen molar-refractivity contribution in [1.29, 1.82) is 0 Å². The molecule has 3 unspecified atom stereocenters. The topological polar surface area (TPSA) is 171 Å². The molecule has 0 spiro atoms. The van der Waals surface area contributed by atoms with Crippen LogP contribution in [0.5, 0.6) is 5.75 Å². The van der Waals surface area contributed by atoms with Crippen LogP contribution in [0.3, 0.4) is 0 Å². The molecule has 0 heterocycles. The van der Waals surface area contributed by atoms with Crippen LogP contribution in [0.25, 0.3) is 0 Å². The molecule has 2 amide bonds. The summed E-state index contributed by atoms with van der Waals surface area (Å²) in [4.78, 5) is 54.7. The van der Waals surface area contributed by atoms with Crippen molar-refractivity contribution in [2.75, 3.05) is 29.1 Å². The smallest absolute Gasteiger partial charge is 0.744 e. The fraction of sp³-hybridized carbons (Fsp3) is 0.378. The summed E-state index contributed by atoms with van der Waals surface area (Å²) >= 11 is 0. The summed E-state index contributed by atoms with van der Waals surface area (Å²) in [5, 5.41) is 5.57. The van der Waals surface area contributed by atoms with Crippen LogP contribution in [0.1, 0.15) is 87.5 Å². The van der Waals surface area contributed by atoms with Crippen LogP contribution in [-0.2, 0) is 42.3 Å². The van der Waals surface area contributed by atoms with Crippen molar-refractivity contribution in [1.82, 2.24) is 0 Å². The number of ether oxygens (including phenoxy) is 2. The zero-order chi connectivity index (χ0) is 42.0. The van der Waals surface area contributed by atoms with E-state index in [0.717, 1.165) is 53.9 Å². The van der Waals surface area contributed by atoms with Gasteiger partial charge < -0.3 is 24.2 Å². The number of carbonyl (C=O) groups is 4. The zero-order valence-corrected chi connectivity index (χ0v) is 37.5. The quantitative estimate of drug-likeness (QED) is 0.0480. The maximum atomic E-state index is 13.9. The average molecular weight is 834 g/mol. The van der Waals surface area contributed by atoms with Crippen molar-refractivity contribution in [2.24, 2.45) is 11.3 Å². The molecule has 12 nitrogen and oxygen atoms in total. The van der Waals surface area contributed by atoms with Crippen LogP contribution >= 0.6 is 0 Å². The maximum Gasteiger partial charge on any atom is 1.00 e. The van der Waals surface area contributed by atoms with Crippen LogP contribution < -0.4 is 49.8 Å². The molecule has 4 aromatic carbocycles. The van der Waals surface area contributed by atoms with Gasteiger partial charge in [-0.2, -0.15) is 0 Å². The Labute approximate surface area is 369 Å². The predicted molar refractivity (Wildman–Crippen MR) is 222 cm³/mol. The molecule has 1 saturated carbocycles. The Kier molecular flexibility index (Phi) is 16.9. The van der Waals surface area contributed by atoms with Crippen LogP contribution in [0.2, 0.25) is 0 Å². The number of rotatable bonds is 16. The van der Waals surface area contributed by atoms with Crippen LogP contribution in [0.4, 0.5) is 21.9 Å². The summed E-state index contributed by atoms with van der Waals surface area (Å²) < 4.78 is 45.0. The van der Waals surface area contributed by atoms with Gasteiger partial charge in [0.05, 0.1) is 4.90 Å². The number of nitrogens with one attached hydrogen (secondary N) is 2. The first-order valence-corrected chi connectivity index (χ1v) is 21.1. The minimum atomic E-state index is -4.58. The van der Waals surface area contributed by atoms with Crippen molar-refractivity contribution < 1.29 is 71.2 Å². The Balaban J connectivity index is 0.00000769.